The summed E-state index contributed by atoms with van der Waals surface area (Å²) in [7, 11) is 2.16. The Morgan fingerprint density at radius 1 is 1.00 bits per heavy atom. The Morgan fingerprint density at radius 3 is 2.38 bits per heavy atom. The van der Waals surface area contributed by atoms with Crippen LogP contribution in [0.4, 0.5) is 0 Å². The van der Waals surface area contributed by atoms with Gasteiger partial charge in [-0.3, -0.25) is 4.90 Å². The van der Waals surface area contributed by atoms with E-state index in [4.69, 9.17) is 5.73 Å². The smallest absolute Gasteiger partial charge is 0.0473 e. The summed E-state index contributed by atoms with van der Waals surface area (Å²) in [5.41, 5.74) is 12.7. The molecule has 0 radical (unpaired) electrons. The SMILES string of the molecule is Cc1ccc(C)c(C(CN)N(C)Cc2ccccc2C)c1. The van der Waals surface area contributed by atoms with Gasteiger partial charge in [0, 0.05) is 19.1 Å². The summed E-state index contributed by atoms with van der Waals surface area (Å²) in [5.74, 6) is 0. The van der Waals surface area contributed by atoms with E-state index < -0.39 is 0 Å². The van der Waals surface area contributed by atoms with Crippen LogP contribution in [0.3, 0.4) is 0 Å². The lowest BCUT2D eigenvalue weighted by Gasteiger charge is -2.29. The van der Waals surface area contributed by atoms with Crippen LogP contribution in [0.25, 0.3) is 0 Å². The third-order valence-corrected chi connectivity index (χ3v) is 4.23. The summed E-state index contributed by atoms with van der Waals surface area (Å²) in [5, 5.41) is 0. The average molecular weight is 282 g/mol. The minimum Gasteiger partial charge on any atom is -0.329 e. The van der Waals surface area contributed by atoms with Gasteiger partial charge in [-0.1, -0.05) is 48.0 Å². The van der Waals surface area contributed by atoms with E-state index in [0.717, 1.165) is 6.54 Å². The maximum Gasteiger partial charge on any atom is 0.0473 e. The van der Waals surface area contributed by atoms with Crippen LogP contribution in [0.1, 0.15) is 33.9 Å². The molecule has 112 valence electrons. The van der Waals surface area contributed by atoms with Crippen molar-refractivity contribution in [3.8, 4) is 0 Å². The first-order valence-electron chi connectivity index (χ1n) is 7.55. The van der Waals surface area contributed by atoms with Crippen molar-refractivity contribution in [2.45, 2.75) is 33.4 Å². The molecule has 1 unspecified atom stereocenters. The zero-order valence-corrected chi connectivity index (χ0v) is 13.6. The van der Waals surface area contributed by atoms with E-state index in [1.807, 2.05) is 0 Å². The second-order valence-corrected chi connectivity index (χ2v) is 5.95. The zero-order chi connectivity index (χ0) is 15.4. The third-order valence-electron chi connectivity index (χ3n) is 4.23. The lowest BCUT2D eigenvalue weighted by Crippen LogP contribution is -2.31. The molecule has 0 aliphatic rings. The van der Waals surface area contributed by atoms with Crippen LogP contribution in [0.2, 0.25) is 0 Å². The van der Waals surface area contributed by atoms with Gasteiger partial charge < -0.3 is 5.73 Å². The summed E-state index contributed by atoms with van der Waals surface area (Å²) in [6.07, 6.45) is 0. The first-order chi connectivity index (χ1) is 10.0. The minimum atomic E-state index is 0.254. The van der Waals surface area contributed by atoms with Crippen molar-refractivity contribution in [2.24, 2.45) is 5.73 Å². The Morgan fingerprint density at radius 2 is 1.71 bits per heavy atom. The normalized spacial score (nSPS) is 12.7. The Kier molecular flexibility index (Phi) is 5.16. The molecule has 2 rings (SSSR count). The molecule has 0 bridgehead atoms. The lowest BCUT2D eigenvalue weighted by molar-refractivity contribution is 0.240. The van der Waals surface area contributed by atoms with E-state index >= 15 is 0 Å². The minimum absolute atomic E-state index is 0.254. The van der Waals surface area contributed by atoms with Gasteiger partial charge in [-0.25, -0.2) is 0 Å². The Labute approximate surface area is 128 Å². The van der Waals surface area contributed by atoms with Crippen molar-refractivity contribution in [1.29, 1.82) is 0 Å². The molecule has 2 N–H and O–H groups in total. The average Bonchev–Trinajstić information content (AvgIpc) is 2.46. The number of benzene rings is 2. The number of rotatable bonds is 5. The largest absolute Gasteiger partial charge is 0.329 e. The third kappa shape index (κ3) is 3.72. The van der Waals surface area contributed by atoms with Crippen molar-refractivity contribution < 1.29 is 0 Å². The highest BCUT2D eigenvalue weighted by Crippen LogP contribution is 2.25. The van der Waals surface area contributed by atoms with E-state index in [9.17, 15) is 0 Å². The lowest BCUT2D eigenvalue weighted by atomic mass is 9.97. The molecular weight excluding hydrogens is 256 g/mol. The van der Waals surface area contributed by atoms with E-state index in [-0.39, 0.29) is 6.04 Å². The molecule has 21 heavy (non-hydrogen) atoms. The number of likely N-dealkylation sites (N-methyl/N-ethyl adjacent to an activating group) is 1. The van der Waals surface area contributed by atoms with Crippen LogP contribution in [0.15, 0.2) is 42.5 Å². The molecule has 0 amide bonds. The van der Waals surface area contributed by atoms with E-state index in [1.54, 1.807) is 0 Å². The van der Waals surface area contributed by atoms with Gasteiger partial charge in [-0.15, -0.1) is 0 Å². The number of hydrogen-bond acceptors (Lipinski definition) is 2. The molecule has 0 aliphatic carbocycles. The molecular formula is C19H26N2. The van der Waals surface area contributed by atoms with Gasteiger partial charge in [0.1, 0.15) is 0 Å². The first kappa shape index (κ1) is 15.7. The molecule has 0 saturated heterocycles. The van der Waals surface area contributed by atoms with E-state index in [2.05, 4.69) is 75.2 Å². The number of nitrogens with zero attached hydrogens (tertiary/aromatic N) is 1. The summed E-state index contributed by atoms with van der Waals surface area (Å²) >= 11 is 0. The molecule has 0 saturated carbocycles. The Hall–Kier alpha value is -1.64. The predicted molar refractivity (Wildman–Crippen MR) is 90.4 cm³/mol. The van der Waals surface area contributed by atoms with E-state index in [1.165, 1.54) is 27.8 Å². The maximum absolute atomic E-state index is 6.07. The Bertz CT molecular complexity index is 604. The summed E-state index contributed by atoms with van der Waals surface area (Å²) in [6, 6.07) is 15.4. The fourth-order valence-corrected chi connectivity index (χ4v) is 2.83. The van der Waals surface area contributed by atoms with Gasteiger partial charge in [-0.2, -0.15) is 0 Å². The van der Waals surface area contributed by atoms with Gasteiger partial charge in [0.15, 0.2) is 0 Å². The van der Waals surface area contributed by atoms with E-state index in [0.29, 0.717) is 6.54 Å². The summed E-state index contributed by atoms with van der Waals surface area (Å²) < 4.78 is 0. The predicted octanol–water partition coefficient (Wildman–Crippen LogP) is 3.74. The highest BCUT2D eigenvalue weighted by molar-refractivity contribution is 5.33. The number of hydrogen-bond donors (Lipinski definition) is 1. The maximum atomic E-state index is 6.07. The molecule has 0 aromatic heterocycles. The molecule has 0 fully saturated rings. The monoisotopic (exact) mass is 282 g/mol. The van der Waals surface area contributed by atoms with Gasteiger partial charge >= 0.3 is 0 Å². The van der Waals surface area contributed by atoms with Crippen molar-refractivity contribution in [1.82, 2.24) is 4.90 Å². The van der Waals surface area contributed by atoms with Gasteiger partial charge in [0.2, 0.25) is 0 Å². The fourth-order valence-electron chi connectivity index (χ4n) is 2.83. The topological polar surface area (TPSA) is 29.3 Å². The fraction of sp³-hybridized carbons (Fsp3) is 0.368. The molecule has 0 spiro atoms. The quantitative estimate of drug-likeness (QED) is 0.905. The van der Waals surface area contributed by atoms with Gasteiger partial charge in [-0.05, 0) is 50.1 Å². The number of aryl methyl sites for hydroxylation is 3. The second-order valence-electron chi connectivity index (χ2n) is 5.95. The molecule has 2 aromatic rings. The van der Waals surface area contributed by atoms with Crippen LogP contribution in [-0.4, -0.2) is 18.5 Å². The van der Waals surface area contributed by atoms with Crippen molar-refractivity contribution in [2.75, 3.05) is 13.6 Å². The van der Waals surface area contributed by atoms with Crippen molar-refractivity contribution in [3.63, 3.8) is 0 Å². The van der Waals surface area contributed by atoms with Crippen molar-refractivity contribution in [3.05, 3.63) is 70.3 Å². The first-order valence-corrected chi connectivity index (χ1v) is 7.55. The summed E-state index contributed by atoms with van der Waals surface area (Å²) in [6.45, 7) is 8.02. The molecule has 2 nitrogen and oxygen atoms in total. The van der Waals surface area contributed by atoms with Crippen LogP contribution >= 0.6 is 0 Å². The van der Waals surface area contributed by atoms with Gasteiger partial charge in [0.05, 0.1) is 0 Å². The molecule has 2 heteroatoms. The van der Waals surface area contributed by atoms with Crippen LogP contribution in [0, 0.1) is 20.8 Å². The zero-order valence-electron chi connectivity index (χ0n) is 13.6. The van der Waals surface area contributed by atoms with Crippen LogP contribution in [0.5, 0.6) is 0 Å². The highest BCUT2D eigenvalue weighted by atomic mass is 15.1. The molecule has 0 aliphatic heterocycles. The van der Waals surface area contributed by atoms with Crippen LogP contribution < -0.4 is 5.73 Å². The Balaban J connectivity index is 2.25. The summed E-state index contributed by atoms with van der Waals surface area (Å²) in [4.78, 5) is 2.35. The number of nitrogens with two attached hydrogens (primary N) is 1. The second kappa shape index (κ2) is 6.88. The molecule has 2 aromatic carbocycles. The van der Waals surface area contributed by atoms with Gasteiger partial charge in [0.25, 0.3) is 0 Å². The standard InChI is InChI=1S/C19H26N2/c1-14-9-10-16(3)18(11-14)19(12-20)21(4)13-17-8-6-5-7-15(17)2/h5-11,19H,12-13,20H2,1-4H3. The molecule has 0 heterocycles. The van der Waals surface area contributed by atoms with Crippen molar-refractivity contribution >= 4 is 0 Å². The van der Waals surface area contributed by atoms with Crippen LogP contribution in [-0.2, 0) is 6.54 Å². The highest BCUT2D eigenvalue weighted by Gasteiger charge is 2.18. The molecule has 1 atom stereocenters.